The lowest BCUT2D eigenvalue weighted by atomic mass is 9.88. The molecule has 0 spiro atoms. The molecule has 2 aliphatic rings. The second-order valence-electron chi connectivity index (χ2n) is 7.86. The molecule has 1 fully saturated rings. The molecule has 0 saturated heterocycles. The van der Waals surface area contributed by atoms with E-state index in [0.717, 1.165) is 25.7 Å². The van der Waals surface area contributed by atoms with E-state index in [1.54, 1.807) is 48.5 Å². The molecule has 2 aromatic carbocycles. The minimum Gasteiger partial charge on any atom is -0.375 e. The molecule has 1 aliphatic heterocycles. The summed E-state index contributed by atoms with van der Waals surface area (Å²) in [4.78, 5) is 37.4. The highest BCUT2D eigenvalue weighted by Crippen LogP contribution is 2.38. The summed E-state index contributed by atoms with van der Waals surface area (Å²) in [5.41, 5.74) is 0.0796. The van der Waals surface area contributed by atoms with Gasteiger partial charge in [0.1, 0.15) is 0 Å². The first kappa shape index (κ1) is 19.3. The molecular formula is C23H24N2O4. The Morgan fingerprint density at radius 1 is 1.03 bits per heavy atom. The number of rotatable bonds is 5. The lowest BCUT2D eigenvalue weighted by Crippen LogP contribution is -2.36. The number of anilines is 2. The van der Waals surface area contributed by atoms with Gasteiger partial charge in [0.15, 0.2) is 11.4 Å². The Bertz CT molecular complexity index is 948. The van der Waals surface area contributed by atoms with Gasteiger partial charge in [-0.05, 0) is 43.2 Å². The van der Waals surface area contributed by atoms with E-state index in [1.165, 1.54) is 6.42 Å². The molecule has 29 heavy (non-hydrogen) atoms. The molecule has 2 aromatic rings. The van der Waals surface area contributed by atoms with Crippen LogP contribution in [0, 0.1) is 5.92 Å². The van der Waals surface area contributed by atoms with E-state index in [2.05, 4.69) is 10.6 Å². The highest BCUT2D eigenvalue weighted by Gasteiger charge is 2.46. The summed E-state index contributed by atoms with van der Waals surface area (Å²) in [7, 11) is 0. The lowest BCUT2D eigenvalue weighted by Gasteiger charge is -2.21. The van der Waals surface area contributed by atoms with Gasteiger partial charge in [-0.3, -0.25) is 14.4 Å². The Kier molecular flexibility index (Phi) is 5.20. The molecule has 3 N–H and O–H groups in total. The van der Waals surface area contributed by atoms with Crippen LogP contribution in [-0.4, -0.2) is 22.7 Å². The maximum atomic E-state index is 12.7. The number of amides is 2. The maximum Gasteiger partial charge on any atom is 0.261 e. The molecule has 0 bridgehead atoms. The summed E-state index contributed by atoms with van der Waals surface area (Å²) < 4.78 is 0. The highest BCUT2D eigenvalue weighted by molar-refractivity contribution is 6.09. The van der Waals surface area contributed by atoms with E-state index in [0.29, 0.717) is 22.5 Å². The SMILES string of the molecule is O=C(CC1(O)C(=O)Nc2ccccc21)c1ccc(NC(=O)C2CCCCC2)cc1. The zero-order valence-electron chi connectivity index (χ0n) is 16.1. The smallest absolute Gasteiger partial charge is 0.261 e. The molecule has 4 rings (SSSR count). The largest absolute Gasteiger partial charge is 0.375 e. The number of hydrogen-bond acceptors (Lipinski definition) is 4. The fraction of sp³-hybridized carbons (Fsp3) is 0.348. The van der Waals surface area contributed by atoms with Crippen LogP contribution in [-0.2, 0) is 15.2 Å². The van der Waals surface area contributed by atoms with Crippen molar-refractivity contribution in [2.75, 3.05) is 10.6 Å². The van der Waals surface area contributed by atoms with Gasteiger partial charge in [-0.25, -0.2) is 0 Å². The molecule has 150 valence electrons. The van der Waals surface area contributed by atoms with E-state index in [1.807, 2.05) is 0 Å². The van der Waals surface area contributed by atoms with Crippen molar-refractivity contribution in [2.45, 2.75) is 44.1 Å². The van der Waals surface area contributed by atoms with Crippen molar-refractivity contribution in [2.24, 2.45) is 5.92 Å². The average molecular weight is 392 g/mol. The standard InChI is InChI=1S/C23H24N2O4/c26-20(14-23(29)18-8-4-5-9-19(18)25-22(23)28)15-10-12-17(13-11-15)24-21(27)16-6-2-1-3-7-16/h4-5,8-13,16,29H,1-3,6-7,14H2,(H,24,27)(H,25,28). The molecular weight excluding hydrogens is 368 g/mol. The number of para-hydroxylation sites is 1. The third kappa shape index (κ3) is 3.80. The molecule has 0 radical (unpaired) electrons. The van der Waals surface area contributed by atoms with Crippen LogP contribution in [0.2, 0.25) is 0 Å². The number of hydrogen-bond donors (Lipinski definition) is 3. The number of carbonyl (C=O) groups is 3. The number of carbonyl (C=O) groups excluding carboxylic acids is 3. The van der Waals surface area contributed by atoms with Crippen molar-refractivity contribution in [3.05, 3.63) is 59.7 Å². The summed E-state index contributed by atoms with van der Waals surface area (Å²) >= 11 is 0. The van der Waals surface area contributed by atoms with Gasteiger partial charge in [-0.15, -0.1) is 0 Å². The second-order valence-corrected chi connectivity index (χ2v) is 7.86. The Balaban J connectivity index is 1.43. The number of Topliss-reactive ketones (excluding diaryl/α,β-unsaturated/α-hetero) is 1. The monoisotopic (exact) mass is 392 g/mol. The molecule has 1 atom stereocenters. The summed E-state index contributed by atoms with van der Waals surface area (Å²) in [5.74, 6) is -0.856. The number of ketones is 1. The second kappa shape index (κ2) is 7.79. The van der Waals surface area contributed by atoms with Gasteiger partial charge in [0.25, 0.3) is 5.91 Å². The fourth-order valence-electron chi connectivity index (χ4n) is 4.16. The fourth-order valence-corrected chi connectivity index (χ4v) is 4.16. The van der Waals surface area contributed by atoms with Crippen LogP contribution in [0.4, 0.5) is 11.4 Å². The number of aliphatic hydroxyl groups is 1. The van der Waals surface area contributed by atoms with Gasteiger partial charge >= 0.3 is 0 Å². The molecule has 2 amide bonds. The van der Waals surface area contributed by atoms with Gasteiger partial charge in [0.05, 0.1) is 6.42 Å². The predicted molar refractivity (Wildman–Crippen MR) is 110 cm³/mol. The van der Waals surface area contributed by atoms with E-state index in [-0.39, 0.29) is 24.0 Å². The minimum absolute atomic E-state index is 0.0253. The van der Waals surface area contributed by atoms with E-state index < -0.39 is 11.5 Å². The molecule has 6 nitrogen and oxygen atoms in total. The average Bonchev–Trinajstić information content (AvgIpc) is 2.99. The van der Waals surface area contributed by atoms with Crippen molar-refractivity contribution in [1.82, 2.24) is 0 Å². The van der Waals surface area contributed by atoms with E-state index in [4.69, 9.17) is 0 Å². The summed E-state index contributed by atoms with van der Waals surface area (Å²) in [6.07, 6.45) is 4.87. The molecule has 0 aromatic heterocycles. The summed E-state index contributed by atoms with van der Waals surface area (Å²) in [6.45, 7) is 0. The van der Waals surface area contributed by atoms with E-state index in [9.17, 15) is 19.5 Å². The third-order valence-electron chi connectivity index (χ3n) is 5.86. The van der Waals surface area contributed by atoms with E-state index >= 15 is 0 Å². The number of fused-ring (bicyclic) bond motifs is 1. The summed E-state index contributed by atoms with van der Waals surface area (Å²) in [5, 5.41) is 16.4. The highest BCUT2D eigenvalue weighted by atomic mass is 16.3. The quantitative estimate of drug-likeness (QED) is 0.677. The minimum atomic E-state index is -1.87. The maximum absolute atomic E-state index is 12.7. The lowest BCUT2D eigenvalue weighted by molar-refractivity contribution is -0.133. The van der Waals surface area contributed by atoms with Crippen LogP contribution >= 0.6 is 0 Å². The first-order valence-corrected chi connectivity index (χ1v) is 10.0. The van der Waals surface area contributed by atoms with Crippen LogP contribution in [0.25, 0.3) is 0 Å². The van der Waals surface area contributed by atoms with Crippen molar-refractivity contribution >= 4 is 29.0 Å². The number of benzene rings is 2. The zero-order valence-corrected chi connectivity index (χ0v) is 16.1. The van der Waals surface area contributed by atoms with Crippen LogP contribution in [0.5, 0.6) is 0 Å². The molecule has 1 heterocycles. The summed E-state index contributed by atoms with van der Waals surface area (Å²) in [6, 6.07) is 13.4. The molecule has 1 aliphatic carbocycles. The van der Waals surface area contributed by atoms with Gasteiger partial charge < -0.3 is 15.7 Å². The van der Waals surface area contributed by atoms with Gasteiger partial charge in [0, 0.05) is 28.4 Å². The van der Waals surface area contributed by atoms with Crippen molar-refractivity contribution < 1.29 is 19.5 Å². The first-order valence-electron chi connectivity index (χ1n) is 10.0. The van der Waals surface area contributed by atoms with Crippen LogP contribution in [0.3, 0.4) is 0 Å². The first-order chi connectivity index (χ1) is 14.0. The molecule has 1 saturated carbocycles. The zero-order chi connectivity index (χ0) is 20.4. The Hall–Kier alpha value is -2.99. The Morgan fingerprint density at radius 3 is 2.45 bits per heavy atom. The third-order valence-corrected chi connectivity index (χ3v) is 5.86. The molecule has 1 unspecified atom stereocenters. The van der Waals surface area contributed by atoms with Crippen molar-refractivity contribution in [3.8, 4) is 0 Å². The van der Waals surface area contributed by atoms with Gasteiger partial charge in [-0.2, -0.15) is 0 Å². The van der Waals surface area contributed by atoms with Crippen LogP contribution in [0.15, 0.2) is 48.5 Å². The topological polar surface area (TPSA) is 95.5 Å². The van der Waals surface area contributed by atoms with Gasteiger partial charge in [-0.1, -0.05) is 37.5 Å². The van der Waals surface area contributed by atoms with Crippen LogP contribution < -0.4 is 10.6 Å². The normalized spacial score (nSPS) is 21.3. The predicted octanol–water partition coefficient (Wildman–Crippen LogP) is 3.62. The van der Waals surface area contributed by atoms with Gasteiger partial charge in [0.2, 0.25) is 5.91 Å². The molecule has 6 heteroatoms. The van der Waals surface area contributed by atoms with Crippen LogP contribution in [0.1, 0.15) is 54.4 Å². The Labute approximate surface area is 169 Å². The number of nitrogens with one attached hydrogen (secondary N) is 2. The van der Waals surface area contributed by atoms with Crippen molar-refractivity contribution in [1.29, 1.82) is 0 Å². The van der Waals surface area contributed by atoms with Crippen molar-refractivity contribution in [3.63, 3.8) is 0 Å². The Morgan fingerprint density at radius 2 is 1.72 bits per heavy atom.